The Morgan fingerprint density at radius 1 is 1.23 bits per heavy atom. The van der Waals surface area contributed by atoms with E-state index in [1.54, 1.807) is 18.5 Å². The van der Waals surface area contributed by atoms with Gasteiger partial charge in [-0.05, 0) is 29.8 Å². The lowest BCUT2D eigenvalue weighted by molar-refractivity contribution is -0.134. The molecule has 0 bridgehead atoms. The molecule has 1 heterocycles. The zero-order valence-electron chi connectivity index (χ0n) is 11.9. The Bertz CT molecular complexity index is 778. The molecule has 0 aliphatic heterocycles. The molecule has 0 amide bonds. The van der Waals surface area contributed by atoms with Crippen molar-refractivity contribution in [2.45, 2.75) is 13.5 Å². The number of hydrogen-bond donors (Lipinski definition) is 2. The van der Waals surface area contributed by atoms with Crippen LogP contribution in [0.4, 0.5) is 0 Å². The van der Waals surface area contributed by atoms with Crippen molar-refractivity contribution in [2.24, 2.45) is 0 Å². The molecule has 114 valence electrons. The van der Waals surface area contributed by atoms with Crippen molar-refractivity contribution >= 4 is 28.6 Å². The maximum absolute atomic E-state index is 9.40. The molecule has 0 saturated heterocycles. The second-order valence-electron chi connectivity index (χ2n) is 4.69. The van der Waals surface area contributed by atoms with Crippen LogP contribution >= 0.6 is 11.6 Å². The Hall–Kier alpha value is -2.53. The molecular weight excluding hydrogens is 304 g/mol. The van der Waals surface area contributed by atoms with Crippen LogP contribution in [0.5, 0.6) is 5.75 Å². The van der Waals surface area contributed by atoms with Crippen molar-refractivity contribution < 1.29 is 15.0 Å². The minimum Gasteiger partial charge on any atom is -0.508 e. The maximum Gasteiger partial charge on any atom is 0.300 e. The molecule has 0 aliphatic rings. The average molecular weight is 319 g/mol. The van der Waals surface area contributed by atoms with Crippen LogP contribution in [0.15, 0.2) is 48.8 Å². The largest absolute Gasteiger partial charge is 0.508 e. The van der Waals surface area contributed by atoms with Crippen LogP contribution in [0.3, 0.4) is 0 Å². The first kappa shape index (κ1) is 15.9. The lowest BCUT2D eigenvalue weighted by Crippen LogP contribution is -1.97. The number of carbonyl (C=O) groups is 1. The predicted molar refractivity (Wildman–Crippen MR) is 85.3 cm³/mol. The fourth-order valence-electron chi connectivity index (χ4n) is 1.96. The monoisotopic (exact) mass is 318 g/mol. The number of phenols is 1. The van der Waals surface area contributed by atoms with Crippen molar-refractivity contribution in [2.75, 3.05) is 0 Å². The summed E-state index contributed by atoms with van der Waals surface area (Å²) in [6.07, 6.45) is 1.78. The quantitative estimate of drug-likeness (QED) is 0.758. The van der Waals surface area contributed by atoms with Crippen molar-refractivity contribution in [1.29, 1.82) is 0 Å². The minimum absolute atomic E-state index is 0.235. The van der Waals surface area contributed by atoms with E-state index in [-0.39, 0.29) is 5.75 Å². The number of aromatic hydroxyl groups is 1. The second-order valence-corrected chi connectivity index (χ2v) is 5.13. The van der Waals surface area contributed by atoms with Gasteiger partial charge in [0.25, 0.3) is 5.97 Å². The van der Waals surface area contributed by atoms with E-state index < -0.39 is 5.97 Å². The lowest BCUT2D eigenvalue weighted by atomic mass is 10.2. The number of halogens is 1. The van der Waals surface area contributed by atoms with E-state index in [1.165, 1.54) is 0 Å². The third-order valence-corrected chi connectivity index (χ3v) is 3.12. The number of fused-ring (bicyclic) bond motifs is 1. The molecule has 0 fully saturated rings. The highest BCUT2D eigenvalue weighted by Gasteiger charge is 2.04. The number of rotatable bonds is 2. The van der Waals surface area contributed by atoms with Crippen LogP contribution in [0, 0.1) is 0 Å². The van der Waals surface area contributed by atoms with E-state index in [4.69, 9.17) is 21.5 Å². The fourth-order valence-corrected chi connectivity index (χ4v) is 2.09. The summed E-state index contributed by atoms with van der Waals surface area (Å²) in [6.45, 7) is 1.82. The van der Waals surface area contributed by atoms with Crippen molar-refractivity contribution in [3.8, 4) is 5.75 Å². The van der Waals surface area contributed by atoms with E-state index >= 15 is 0 Å². The Morgan fingerprint density at radius 2 is 1.86 bits per heavy atom. The maximum atomic E-state index is 9.40. The number of imidazole rings is 1. The van der Waals surface area contributed by atoms with Crippen LogP contribution < -0.4 is 0 Å². The molecule has 1 aromatic heterocycles. The van der Waals surface area contributed by atoms with Gasteiger partial charge >= 0.3 is 0 Å². The van der Waals surface area contributed by atoms with Gasteiger partial charge in [-0.2, -0.15) is 0 Å². The number of hydrogen-bond acceptors (Lipinski definition) is 3. The third kappa shape index (κ3) is 4.23. The zero-order chi connectivity index (χ0) is 16.1. The molecule has 6 heteroatoms. The van der Waals surface area contributed by atoms with Gasteiger partial charge in [-0.3, -0.25) is 4.79 Å². The first-order valence-corrected chi connectivity index (χ1v) is 6.91. The normalized spacial score (nSPS) is 10.1. The molecule has 0 aliphatic carbocycles. The van der Waals surface area contributed by atoms with Crippen molar-refractivity contribution in [3.05, 3.63) is 59.4 Å². The Kier molecular flexibility index (Phi) is 5.01. The number of phenolic OH excluding ortho intramolecular Hbond substituents is 1. The molecule has 3 rings (SSSR count). The standard InChI is InChI=1S/C14H11ClN2O.C2H4O2/c15-11-3-1-10(2-4-11)8-17-9-16-13-7-12(18)5-6-14(13)17;1-2(3)4/h1-7,9,18H,8H2;1H3,(H,3,4). The number of carboxylic acids is 1. The number of aromatic nitrogens is 2. The molecule has 0 radical (unpaired) electrons. The van der Waals surface area contributed by atoms with E-state index in [9.17, 15) is 5.11 Å². The van der Waals surface area contributed by atoms with Crippen LogP contribution in [-0.2, 0) is 11.3 Å². The number of aliphatic carboxylic acids is 1. The molecule has 2 aromatic carbocycles. The van der Waals surface area contributed by atoms with E-state index in [0.717, 1.165) is 35.1 Å². The number of benzene rings is 2. The van der Waals surface area contributed by atoms with Gasteiger partial charge in [0.05, 0.1) is 17.4 Å². The Morgan fingerprint density at radius 3 is 2.50 bits per heavy atom. The molecular formula is C16H15ClN2O3. The average Bonchev–Trinajstić information content (AvgIpc) is 2.83. The highest BCUT2D eigenvalue weighted by molar-refractivity contribution is 6.30. The number of nitrogens with zero attached hydrogens (tertiary/aromatic N) is 2. The van der Waals surface area contributed by atoms with Crippen LogP contribution in [0.25, 0.3) is 11.0 Å². The molecule has 0 saturated carbocycles. The van der Waals surface area contributed by atoms with Crippen LogP contribution in [0.2, 0.25) is 5.02 Å². The summed E-state index contributed by atoms with van der Waals surface area (Å²) in [7, 11) is 0. The highest BCUT2D eigenvalue weighted by Crippen LogP contribution is 2.20. The highest BCUT2D eigenvalue weighted by atomic mass is 35.5. The lowest BCUT2D eigenvalue weighted by Gasteiger charge is -2.04. The molecule has 0 atom stereocenters. The van der Waals surface area contributed by atoms with Crippen molar-refractivity contribution in [1.82, 2.24) is 9.55 Å². The Balaban J connectivity index is 0.000000396. The van der Waals surface area contributed by atoms with Gasteiger partial charge in [-0.25, -0.2) is 4.98 Å². The van der Waals surface area contributed by atoms with Gasteiger partial charge in [-0.1, -0.05) is 23.7 Å². The molecule has 0 unspecified atom stereocenters. The minimum atomic E-state index is -0.833. The summed E-state index contributed by atoms with van der Waals surface area (Å²) < 4.78 is 2.04. The van der Waals surface area contributed by atoms with Crippen LogP contribution in [-0.4, -0.2) is 25.7 Å². The van der Waals surface area contributed by atoms with Gasteiger partial charge in [0.2, 0.25) is 0 Å². The fraction of sp³-hybridized carbons (Fsp3) is 0.125. The SMILES string of the molecule is CC(=O)O.Oc1ccc2c(c1)ncn2Cc1ccc(Cl)cc1. The van der Waals surface area contributed by atoms with E-state index in [1.807, 2.05) is 34.9 Å². The predicted octanol–water partition coefficient (Wildman–Crippen LogP) is 3.53. The summed E-state index contributed by atoms with van der Waals surface area (Å²) >= 11 is 5.86. The molecule has 0 spiro atoms. The third-order valence-electron chi connectivity index (χ3n) is 2.87. The topological polar surface area (TPSA) is 75.3 Å². The van der Waals surface area contributed by atoms with Crippen molar-refractivity contribution in [3.63, 3.8) is 0 Å². The molecule has 2 N–H and O–H groups in total. The van der Waals surface area contributed by atoms with Gasteiger partial charge in [0.15, 0.2) is 0 Å². The molecule has 5 nitrogen and oxygen atoms in total. The zero-order valence-corrected chi connectivity index (χ0v) is 12.7. The smallest absolute Gasteiger partial charge is 0.300 e. The first-order chi connectivity index (χ1) is 10.5. The molecule has 22 heavy (non-hydrogen) atoms. The second kappa shape index (κ2) is 6.95. The Labute approximate surface area is 132 Å². The van der Waals surface area contributed by atoms with E-state index in [2.05, 4.69) is 4.98 Å². The van der Waals surface area contributed by atoms with Gasteiger partial charge in [0.1, 0.15) is 5.75 Å². The summed E-state index contributed by atoms with van der Waals surface area (Å²) in [6, 6.07) is 12.9. The van der Waals surface area contributed by atoms with E-state index in [0.29, 0.717) is 0 Å². The van der Waals surface area contributed by atoms with Gasteiger partial charge < -0.3 is 14.8 Å². The van der Waals surface area contributed by atoms with Crippen LogP contribution in [0.1, 0.15) is 12.5 Å². The summed E-state index contributed by atoms with van der Waals surface area (Å²) in [5.41, 5.74) is 2.96. The first-order valence-electron chi connectivity index (χ1n) is 6.53. The van der Waals surface area contributed by atoms with Gasteiger partial charge in [0, 0.05) is 24.6 Å². The summed E-state index contributed by atoms with van der Waals surface area (Å²) in [5, 5.41) is 17.5. The molecule has 3 aromatic rings. The summed E-state index contributed by atoms with van der Waals surface area (Å²) in [5.74, 6) is -0.598. The number of carboxylic acid groups (broad SMARTS) is 1. The van der Waals surface area contributed by atoms with Gasteiger partial charge in [-0.15, -0.1) is 0 Å². The summed E-state index contributed by atoms with van der Waals surface area (Å²) in [4.78, 5) is 13.3.